The molecule has 0 spiro atoms. The highest BCUT2D eigenvalue weighted by atomic mass is 35.5. The van der Waals surface area contributed by atoms with E-state index in [4.69, 9.17) is 44.9 Å². The average molecular weight is 481 g/mol. The summed E-state index contributed by atoms with van der Waals surface area (Å²) in [6, 6.07) is 10.4. The second-order valence-electron chi connectivity index (χ2n) is 6.34. The molecule has 0 aromatic heterocycles. The van der Waals surface area contributed by atoms with E-state index in [1.165, 1.54) is 16.7 Å². The molecular formula is C20H14Cl2N2O4S2. The molecule has 2 amide bonds. The molecule has 0 atom stereocenters. The zero-order valence-corrected chi connectivity index (χ0v) is 18.5. The van der Waals surface area contributed by atoms with Gasteiger partial charge in [0.05, 0.1) is 20.6 Å². The van der Waals surface area contributed by atoms with Gasteiger partial charge in [-0.05, 0) is 35.9 Å². The van der Waals surface area contributed by atoms with Gasteiger partial charge in [-0.1, -0.05) is 59.3 Å². The molecule has 1 N–H and O–H groups in total. The van der Waals surface area contributed by atoms with E-state index in [1.807, 2.05) is 6.07 Å². The summed E-state index contributed by atoms with van der Waals surface area (Å²) in [6.07, 6.45) is 1.79. The van der Waals surface area contributed by atoms with E-state index < -0.39 is 0 Å². The van der Waals surface area contributed by atoms with Gasteiger partial charge in [-0.3, -0.25) is 14.5 Å². The first-order valence-electron chi connectivity index (χ1n) is 8.81. The second kappa shape index (κ2) is 8.85. The third-order valence-corrected chi connectivity index (χ3v) is 6.37. The number of rotatable bonds is 5. The van der Waals surface area contributed by atoms with Crippen molar-refractivity contribution in [2.45, 2.75) is 6.42 Å². The third-order valence-electron chi connectivity index (χ3n) is 4.36. The van der Waals surface area contributed by atoms with Gasteiger partial charge in [-0.25, -0.2) is 0 Å². The summed E-state index contributed by atoms with van der Waals surface area (Å²) in [4.78, 5) is 27.0. The zero-order valence-electron chi connectivity index (χ0n) is 15.3. The maximum absolute atomic E-state index is 12.8. The van der Waals surface area contributed by atoms with Crippen LogP contribution in [0.5, 0.6) is 11.5 Å². The summed E-state index contributed by atoms with van der Waals surface area (Å²) in [5.41, 5.74) is 1.14. The predicted octanol–water partition coefficient (Wildman–Crippen LogP) is 4.95. The molecule has 6 nitrogen and oxygen atoms in total. The first kappa shape index (κ1) is 21.0. The molecule has 1 fully saturated rings. The van der Waals surface area contributed by atoms with Crippen molar-refractivity contribution in [3.05, 3.63) is 56.9 Å². The molecule has 2 aromatic rings. The average Bonchev–Trinajstić information content (AvgIpc) is 3.27. The molecule has 0 saturated carbocycles. The highest BCUT2D eigenvalue weighted by Gasteiger charge is 2.32. The molecule has 154 valence electrons. The molecule has 0 bridgehead atoms. The Hall–Kier alpha value is -2.26. The van der Waals surface area contributed by atoms with E-state index in [0.29, 0.717) is 36.5 Å². The quantitative estimate of drug-likeness (QED) is 0.482. The highest BCUT2D eigenvalue weighted by Crippen LogP contribution is 2.36. The van der Waals surface area contributed by atoms with E-state index in [9.17, 15) is 9.59 Å². The fourth-order valence-electron chi connectivity index (χ4n) is 2.88. The number of hydrogen-bond acceptors (Lipinski definition) is 6. The number of halogens is 2. The Balaban J connectivity index is 1.40. The predicted molar refractivity (Wildman–Crippen MR) is 122 cm³/mol. The van der Waals surface area contributed by atoms with Crippen LogP contribution in [0.25, 0.3) is 6.08 Å². The van der Waals surface area contributed by atoms with Gasteiger partial charge in [0.15, 0.2) is 11.5 Å². The van der Waals surface area contributed by atoms with Crippen molar-refractivity contribution in [2.24, 2.45) is 0 Å². The number of carbonyl (C=O) groups excluding carboxylic acids is 2. The lowest BCUT2D eigenvalue weighted by molar-refractivity contribution is -0.122. The van der Waals surface area contributed by atoms with Gasteiger partial charge < -0.3 is 14.8 Å². The van der Waals surface area contributed by atoms with Crippen molar-refractivity contribution < 1.29 is 19.1 Å². The van der Waals surface area contributed by atoms with Gasteiger partial charge in [0.25, 0.3) is 5.91 Å². The topological polar surface area (TPSA) is 67.9 Å². The highest BCUT2D eigenvalue weighted by molar-refractivity contribution is 8.26. The van der Waals surface area contributed by atoms with Gasteiger partial charge in [0, 0.05) is 13.0 Å². The van der Waals surface area contributed by atoms with E-state index >= 15 is 0 Å². The van der Waals surface area contributed by atoms with E-state index in [0.717, 1.165) is 5.56 Å². The number of thioether (sulfide) groups is 1. The number of fused-ring (bicyclic) bond motifs is 1. The smallest absolute Gasteiger partial charge is 0.266 e. The second-order valence-corrected chi connectivity index (χ2v) is 8.83. The van der Waals surface area contributed by atoms with Crippen LogP contribution in [0.2, 0.25) is 10.0 Å². The monoisotopic (exact) mass is 480 g/mol. The number of thiocarbonyl (C=S) groups is 1. The minimum absolute atomic E-state index is 0.0469. The number of amides is 2. The lowest BCUT2D eigenvalue weighted by Crippen LogP contribution is -2.31. The summed E-state index contributed by atoms with van der Waals surface area (Å²) in [7, 11) is 0. The van der Waals surface area contributed by atoms with Crippen LogP contribution in [0, 0.1) is 0 Å². The molecule has 2 aromatic carbocycles. The third kappa shape index (κ3) is 4.41. The maximum atomic E-state index is 12.8. The molecule has 10 heteroatoms. The number of anilines is 1. The SMILES string of the molecule is O=C(CCN1C(=O)/C(=C\c2ccc3c(c2)OCO3)SC1=S)Nc1c(Cl)cccc1Cl. The van der Waals surface area contributed by atoms with Gasteiger partial charge in [0.2, 0.25) is 12.7 Å². The van der Waals surface area contributed by atoms with E-state index in [1.54, 1.807) is 36.4 Å². The largest absolute Gasteiger partial charge is 0.454 e. The molecule has 0 aliphatic carbocycles. The van der Waals surface area contributed by atoms with Crippen molar-refractivity contribution in [3.63, 3.8) is 0 Å². The number of benzene rings is 2. The Morgan fingerprint density at radius 2 is 1.93 bits per heavy atom. The first-order chi connectivity index (χ1) is 14.4. The van der Waals surface area contributed by atoms with Gasteiger partial charge in [0.1, 0.15) is 4.32 Å². The normalized spacial score (nSPS) is 16.5. The number of para-hydroxylation sites is 1. The van der Waals surface area contributed by atoms with Crippen LogP contribution in [0.1, 0.15) is 12.0 Å². The number of nitrogens with zero attached hydrogens (tertiary/aromatic N) is 1. The first-order valence-corrected chi connectivity index (χ1v) is 10.8. The summed E-state index contributed by atoms with van der Waals surface area (Å²) in [5, 5.41) is 3.36. The molecule has 2 aliphatic heterocycles. The number of nitrogens with one attached hydrogen (secondary N) is 1. The molecule has 0 radical (unpaired) electrons. The molecular weight excluding hydrogens is 467 g/mol. The van der Waals surface area contributed by atoms with Crippen molar-refractivity contribution in [1.29, 1.82) is 0 Å². The number of carbonyl (C=O) groups is 2. The van der Waals surface area contributed by atoms with Crippen LogP contribution in [-0.2, 0) is 9.59 Å². The van der Waals surface area contributed by atoms with Crippen LogP contribution < -0.4 is 14.8 Å². The Labute approximate surface area is 192 Å². The molecule has 4 rings (SSSR count). The minimum atomic E-state index is -0.321. The lowest BCUT2D eigenvalue weighted by Gasteiger charge is -2.15. The maximum Gasteiger partial charge on any atom is 0.266 e. The van der Waals surface area contributed by atoms with Gasteiger partial charge in [-0.2, -0.15) is 0 Å². The Morgan fingerprint density at radius 3 is 2.70 bits per heavy atom. The fraction of sp³-hybridized carbons (Fsp3) is 0.150. The van der Waals surface area contributed by atoms with Crippen molar-refractivity contribution in [1.82, 2.24) is 4.90 Å². The Morgan fingerprint density at radius 1 is 1.20 bits per heavy atom. The molecule has 0 unspecified atom stereocenters. The standard InChI is InChI=1S/C20H14Cl2N2O4S2/c21-12-2-1-3-13(22)18(12)23-17(25)6-7-24-19(26)16(30-20(24)29)9-11-4-5-14-15(8-11)28-10-27-14/h1-5,8-9H,6-7,10H2,(H,23,25)/b16-9+. The summed E-state index contributed by atoms with van der Waals surface area (Å²) in [6.45, 7) is 0.333. The van der Waals surface area contributed by atoms with E-state index in [2.05, 4.69) is 5.32 Å². The van der Waals surface area contributed by atoms with Crippen molar-refractivity contribution in [2.75, 3.05) is 18.7 Å². The van der Waals surface area contributed by atoms with Crippen LogP contribution in [0.3, 0.4) is 0 Å². The molecule has 1 saturated heterocycles. The summed E-state index contributed by atoms with van der Waals surface area (Å²) in [5.74, 6) is 0.739. The molecule has 2 heterocycles. The van der Waals surface area contributed by atoms with Crippen LogP contribution in [0.15, 0.2) is 41.3 Å². The summed E-state index contributed by atoms with van der Waals surface area (Å²) < 4.78 is 11.1. The molecule has 30 heavy (non-hydrogen) atoms. The Kier molecular flexibility index (Phi) is 6.19. The van der Waals surface area contributed by atoms with Crippen LogP contribution >= 0.6 is 47.2 Å². The van der Waals surface area contributed by atoms with Crippen LogP contribution in [0.4, 0.5) is 5.69 Å². The van der Waals surface area contributed by atoms with Crippen molar-refractivity contribution >= 4 is 75.1 Å². The van der Waals surface area contributed by atoms with Gasteiger partial charge >= 0.3 is 0 Å². The lowest BCUT2D eigenvalue weighted by atomic mass is 10.2. The number of hydrogen-bond donors (Lipinski definition) is 1. The Bertz CT molecular complexity index is 1070. The zero-order chi connectivity index (χ0) is 21.3. The number of ether oxygens (including phenoxy) is 2. The fourth-order valence-corrected chi connectivity index (χ4v) is 4.68. The van der Waals surface area contributed by atoms with Crippen LogP contribution in [-0.4, -0.2) is 34.4 Å². The summed E-state index contributed by atoms with van der Waals surface area (Å²) >= 11 is 18.6. The van der Waals surface area contributed by atoms with E-state index in [-0.39, 0.29) is 31.6 Å². The molecule has 2 aliphatic rings. The van der Waals surface area contributed by atoms with Crippen molar-refractivity contribution in [3.8, 4) is 11.5 Å². The van der Waals surface area contributed by atoms with Gasteiger partial charge in [-0.15, -0.1) is 0 Å². The minimum Gasteiger partial charge on any atom is -0.454 e.